The molecule has 7 heteroatoms. The molecule has 0 atom stereocenters. The van der Waals surface area contributed by atoms with Gasteiger partial charge in [-0.3, -0.25) is 4.98 Å². The van der Waals surface area contributed by atoms with Gasteiger partial charge in [-0.15, -0.1) is 0 Å². The SMILES string of the molecule is COc1c(C)cnc(Cc2cn(CC(C)C)c3c(Cl)nc(N)nc23)c1C. The number of hydrogen-bond acceptors (Lipinski definition) is 5. The van der Waals surface area contributed by atoms with Crippen molar-refractivity contribution in [2.75, 3.05) is 12.8 Å². The Balaban J connectivity index is 2.14. The van der Waals surface area contributed by atoms with Crippen molar-refractivity contribution in [1.82, 2.24) is 19.5 Å². The molecule has 0 radical (unpaired) electrons. The van der Waals surface area contributed by atoms with E-state index in [0.717, 1.165) is 45.7 Å². The smallest absolute Gasteiger partial charge is 0.222 e. The molecule has 0 saturated carbocycles. The predicted octanol–water partition coefficient (Wildman–Crippen LogP) is 3.93. The Morgan fingerprint density at radius 3 is 2.65 bits per heavy atom. The molecule has 3 rings (SSSR count). The second-order valence-corrected chi connectivity index (χ2v) is 7.35. The van der Waals surface area contributed by atoms with E-state index in [4.69, 9.17) is 22.1 Å². The molecular weight excluding hydrogens is 350 g/mol. The summed E-state index contributed by atoms with van der Waals surface area (Å²) in [6, 6.07) is 0. The summed E-state index contributed by atoms with van der Waals surface area (Å²) in [7, 11) is 1.68. The summed E-state index contributed by atoms with van der Waals surface area (Å²) in [5, 5.41) is 0.380. The van der Waals surface area contributed by atoms with Crippen LogP contribution in [0.5, 0.6) is 5.75 Å². The number of methoxy groups -OCH3 is 1. The van der Waals surface area contributed by atoms with Crippen LogP contribution < -0.4 is 10.5 Å². The summed E-state index contributed by atoms with van der Waals surface area (Å²) >= 11 is 6.38. The van der Waals surface area contributed by atoms with Gasteiger partial charge in [-0.2, -0.15) is 4.98 Å². The maximum Gasteiger partial charge on any atom is 0.222 e. The van der Waals surface area contributed by atoms with Crippen LogP contribution >= 0.6 is 11.6 Å². The highest BCUT2D eigenvalue weighted by atomic mass is 35.5. The first-order chi connectivity index (χ1) is 12.3. The molecule has 2 N–H and O–H groups in total. The van der Waals surface area contributed by atoms with Gasteiger partial charge < -0.3 is 15.0 Å². The highest BCUT2D eigenvalue weighted by molar-refractivity contribution is 6.33. The van der Waals surface area contributed by atoms with Gasteiger partial charge in [0.05, 0.1) is 18.3 Å². The number of ether oxygens (including phenoxy) is 1. The Kier molecular flexibility index (Phi) is 5.05. The molecule has 26 heavy (non-hydrogen) atoms. The number of nitrogens with zero attached hydrogens (tertiary/aromatic N) is 4. The van der Waals surface area contributed by atoms with Crippen LogP contribution in [0.4, 0.5) is 5.95 Å². The fraction of sp³-hybridized carbons (Fsp3) is 0.421. The minimum atomic E-state index is 0.178. The topological polar surface area (TPSA) is 78.8 Å². The average molecular weight is 374 g/mol. The predicted molar refractivity (Wildman–Crippen MR) is 105 cm³/mol. The minimum Gasteiger partial charge on any atom is -0.496 e. The van der Waals surface area contributed by atoms with Crippen LogP contribution in [0.2, 0.25) is 5.15 Å². The molecule has 0 fully saturated rings. The second-order valence-electron chi connectivity index (χ2n) is 6.99. The molecule has 0 aliphatic carbocycles. The quantitative estimate of drug-likeness (QED) is 0.685. The number of hydrogen-bond donors (Lipinski definition) is 1. The molecule has 3 heterocycles. The Hall–Kier alpha value is -2.34. The average Bonchev–Trinajstić information content (AvgIpc) is 2.87. The number of aromatic nitrogens is 4. The summed E-state index contributed by atoms with van der Waals surface area (Å²) in [6.45, 7) is 9.16. The summed E-state index contributed by atoms with van der Waals surface area (Å²) in [5.41, 5.74) is 11.5. The zero-order valence-corrected chi connectivity index (χ0v) is 16.6. The lowest BCUT2D eigenvalue weighted by Crippen LogP contribution is -2.04. The van der Waals surface area contributed by atoms with Crippen LogP contribution in [-0.4, -0.2) is 26.6 Å². The van der Waals surface area contributed by atoms with Crippen molar-refractivity contribution in [3.05, 3.63) is 39.9 Å². The van der Waals surface area contributed by atoms with E-state index in [1.54, 1.807) is 7.11 Å². The molecule has 3 aromatic rings. The lowest BCUT2D eigenvalue weighted by atomic mass is 10.0. The van der Waals surface area contributed by atoms with Crippen molar-refractivity contribution in [1.29, 1.82) is 0 Å². The van der Waals surface area contributed by atoms with Crippen LogP contribution in [0, 0.1) is 19.8 Å². The third-order valence-electron chi connectivity index (χ3n) is 4.43. The summed E-state index contributed by atoms with van der Waals surface area (Å²) in [5.74, 6) is 1.51. The van der Waals surface area contributed by atoms with E-state index < -0.39 is 0 Å². The molecule has 0 unspecified atom stereocenters. The highest BCUT2D eigenvalue weighted by Gasteiger charge is 2.18. The van der Waals surface area contributed by atoms with Crippen molar-refractivity contribution in [2.45, 2.75) is 40.7 Å². The van der Waals surface area contributed by atoms with Crippen molar-refractivity contribution in [3.63, 3.8) is 0 Å². The zero-order valence-electron chi connectivity index (χ0n) is 15.8. The fourth-order valence-electron chi connectivity index (χ4n) is 3.33. The molecule has 6 nitrogen and oxygen atoms in total. The van der Waals surface area contributed by atoms with Gasteiger partial charge in [-0.25, -0.2) is 4.98 Å². The first-order valence-electron chi connectivity index (χ1n) is 8.61. The number of rotatable bonds is 5. The molecule has 0 aliphatic rings. The monoisotopic (exact) mass is 373 g/mol. The molecule has 0 bridgehead atoms. The number of pyridine rings is 1. The van der Waals surface area contributed by atoms with E-state index in [9.17, 15) is 0 Å². The van der Waals surface area contributed by atoms with Gasteiger partial charge in [0.25, 0.3) is 0 Å². The molecule has 3 aromatic heterocycles. The first kappa shape index (κ1) is 18.5. The lowest BCUT2D eigenvalue weighted by Gasteiger charge is -2.11. The Morgan fingerprint density at radius 1 is 1.27 bits per heavy atom. The zero-order chi connectivity index (χ0) is 19.0. The first-order valence-corrected chi connectivity index (χ1v) is 8.99. The lowest BCUT2D eigenvalue weighted by molar-refractivity contribution is 0.407. The van der Waals surface area contributed by atoms with Crippen molar-refractivity contribution in [2.24, 2.45) is 5.92 Å². The molecule has 0 amide bonds. The number of halogens is 1. The fourth-order valence-corrected chi connectivity index (χ4v) is 3.62. The summed E-state index contributed by atoms with van der Waals surface area (Å²) in [6.07, 6.45) is 4.54. The van der Waals surface area contributed by atoms with Crippen molar-refractivity contribution >= 4 is 28.6 Å². The van der Waals surface area contributed by atoms with E-state index >= 15 is 0 Å². The number of nitrogen functional groups attached to an aromatic ring is 1. The standard InChI is InChI=1S/C19H24ClN5O/c1-10(2)8-25-9-13(15-16(25)18(20)24-19(21)23-15)6-14-12(4)17(26-5)11(3)7-22-14/h7,9-10H,6,8H2,1-5H3,(H2,21,23,24). The maximum absolute atomic E-state index is 6.38. The van der Waals surface area contributed by atoms with Crippen LogP contribution in [0.1, 0.15) is 36.2 Å². The number of fused-ring (bicyclic) bond motifs is 1. The molecule has 0 saturated heterocycles. The van der Waals surface area contributed by atoms with E-state index in [0.29, 0.717) is 17.5 Å². The van der Waals surface area contributed by atoms with Gasteiger partial charge in [0.2, 0.25) is 5.95 Å². The molecule has 0 spiro atoms. The van der Waals surface area contributed by atoms with E-state index in [1.165, 1.54) is 0 Å². The Labute approximate surface area is 158 Å². The van der Waals surface area contributed by atoms with Gasteiger partial charge in [0.15, 0.2) is 5.15 Å². The van der Waals surface area contributed by atoms with E-state index in [1.807, 2.05) is 20.0 Å². The molecule has 138 valence electrons. The van der Waals surface area contributed by atoms with E-state index in [2.05, 4.69) is 39.6 Å². The minimum absolute atomic E-state index is 0.178. The molecular formula is C19H24ClN5O. The van der Waals surface area contributed by atoms with Crippen LogP contribution in [-0.2, 0) is 13.0 Å². The van der Waals surface area contributed by atoms with Crippen molar-refractivity contribution in [3.8, 4) is 5.75 Å². The third kappa shape index (κ3) is 3.33. The largest absolute Gasteiger partial charge is 0.496 e. The molecule has 0 aliphatic heterocycles. The Morgan fingerprint density at radius 2 is 2.00 bits per heavy atom. The van der Waals surface area contributed by atoms with Gasteiger partial charge in [0, 0.05) is 42.0 Å². The van der Waals surface area contributed by atoms with Crippen LogP contribution in [0.25, 0.3) is 11.0 Å². The second kappa shape index (κ2) is 7.11. The third-order valence-corrected chi connectivity index (χ3v) is 4.69. The van der Waals surface area contributed by atoms with Gasteiger partial charge in [0.1, 0.15) is 11.3 Å². The summed E-state index contributed by atoms with van der Waals surface area (Å²) in [4.78, 5) is 13.2. The van der Waals surface area contributed by atoms with Gasteiger partial charge >= 0.3 is 0 Å². The van der Waals surface area contributed by atoms with Crippen LogP contribution in [0.3, 0.4) is 0 Å². The number of nitrogens with two attached hydrogens (primary N) is 1. The van der Waals surface area contributed by atoms with Crippen molar-refractivity contribution < 1.29 is 4.74 Å². The summed E-state index contributed by atoms with van der Waals surface area (Å²) < 4.78 is 7.63. The Bertz CT molecular complexity index is 964. The van der Waals surface area contributed by atoms with Crippen LogP contribution in [0.15, 0.2) is 12.4 Å². The molecule has 0 aromatic carbocycles. The highest BCUT2D eigenvalue weighted by Crippen LogP contribution is 2.31. The number of anilines is 1. The normalized spacial score (nSPS) is 11.5. The maximum atomic E-state index is 6.38. The van der Waals surface area contributed by atoms with Gasteiger partial charge in [-0.1, -0.05) is 25.4 Å². The van der Waals surface area contributed by atoms with E-state index in [-0.39, 0.29) is 5.95 Å². The van der Waals surface area contributed by atoms with Gasteiger partial charge in [-0.05, 0) is 19.8 Å². The number of aryl methyl sites for hydroxylation is 1.